The molecule has 9 rings (SSSR count). The maximum Gasteiger partial charge on any atom is -0.00233 e. The molecule has 0 nitrogen and oxygen atoms in total. The molecule has 0 N–H and O–H groups in total. The zero-order valence-electron chi connectivity index (χ0n) is 28.7. The van der Waals surface area contributed by atoms with Crippen LogP contribution in [-0.4, -0.2) is 0 Å². The quantitative estimate of drug-likeness (QED) is 0.164. The molecule has 0 heterocycles. The van der Waals surface area contributed by atoms with Crippen LogP contribution in [0.4, 0.5) is 0 Å². The molecule has 1 aliphatic rings. The van der Waals surface area contributed by atoms with E-state index in [-0.39, 0.29) is 0 Å². The van der Waals surface area contributed by atoms with E-state index in [0.717, 1.165) is 12.8 Å². The average molecular weight is 641 g/mol. The van der Waals surface area contributed by atoms with Crippen molar-refractivity contribution in [2.24, 2.45) is 0 Å². The van der Waals surface area contributed by atoms with Crippen LogP contribution in [0.2, 0.25) is 0 Å². The van der Waals surface area contributed by atoms with Gasteiger partial charge in [0.25, 0.3) is 0 Å². The molecule has 0 aromatic heterocycles. The van der Waals surface area contributed by atoms with Crippen molar-refractivity contribution in [1.29, 1.82) is 0 Å². The van der Waals surface area contributed by atoms with E-state index >= 15 is 0 Å². The largest absolute Gasteiger partial charge is 0.0683 e. The van der Waals surface area contributed by atoms with Gasteiger partial charge in [-0.3, -0.25) is 0 Å². The first-order valence-corrected chi connectivity index (χ1v) is 17.9. The Labute approximate surface area is 295 Å². The standard InChI is InChI=1S/C48H34.C2H6/c1-3-14-36(15-4-1)41-30-29-40(35-25-23-34(24-26-35)39-28-27-33-13-7-8-18-38(33)31-39)32-46(41)48-44-21-11-9-19-42(44)47(37-16-5-2-6-17-37)43-20-10-12-22-45(43)48;1-2/h1-28,31-32H,29-30H2;1-2H3. The molecule has 8 aromatic carbocycles. The average Bonchev–Trinajstić information content (AvgIpc) is 3.21. The SMILES string of the molecule is C1=C(c2ccc(-c3ccc4ccccc4c3)cc2)CCC(c2ccccc2)=C1c1c2ccccc2c(-c2ccccc2)c2ccccc12.CC. The first kappa shape index (κ1) is 31.3. The van der Waals surface area contributed by atoms with Gasteiger partial charge in [-0.2, -0.15) is 0 Å². The van der Waals surface area contributed by atoms with Crippen LogP contribution in [0, 0.1) is 0 Å². The second-order valence-electron chi connectivity index (χ2n) is 12.8. The molecule has 0 aliphatic heterocycles. The second-order valence-corrected chi connectivity index (χ2v) is 12.8. The van der Waals surface area contributed by atoms with Gasteiger partial charge in [0.15, 0.2) is 0 Å². The van der Waals surface area contributed by atoms with Gasteiger partial charge in [0.1, 0.15) is 0 Å². The zero-order valence-corrected chi connectivity index (χ0v) is 28.7. The van der Waals surface area contributed by atoms with Gasteiger partial charge in [0.05, 0.1) is 0 Å². The summed E-state index contributed by atoms with van der Waals surface area (Å²) in [5.41, 5.74) is 13.1. The maximum atomic E-state index is 2.49. The monoisotopic (exact) mass is 640 g/mol. The number of allylic oxidation sites excluding steroid dienone is 4. The van der Waals surface area contributed by atoms with Crippen LogP contribution in [-0.2, 0) is 0 Å². The van der Waals surface area contributed by atoms with Crippen LogP contribution < -0.4 is 0 Å². The van der Waals surface area contributed by atoms with Crippen LogP contribution in [0.15, 0.2) is 182 Å². The fraction of sp³-hybridized carbons (Fsp3) is 0.0800. The van der Waals surface area contributed by atoms with Crippen molar-refractivity contribution in [3.63, 3.8) is 0 Å². The zero-order chi connectivity index (χ0) is 33.9. The number of fused-ring (bicyclic) bond motifs is 3. The molecular weight excluding hydrogens is 601 g/mol. The van der Waals surface area contributed by atoms with Crippen molar-refractivity contribution >= 4 is 49.0 Å². The van der Waals surface area contributed by atoms with Crippen molar-refractivity contribution in [2.45, 2.75) is 26.7 Å². The van der Waals surface area contributed by atoms with Gasteiger partial charge in [-0.1, -0.05) is 190 Å². The van der Waals surface area contributed by atoms with E-state index in [1.807, 2.05) is 13.8 Å². The molecule has 240 valence electrons. The van der Waals surface area contributed by atoms with Gasteiger partial charge in [-0.25, -0.2) is 0 Å². The Hall–Kier alpha value is -5.98. The lowest BCUT2D eigenvalue weighted by molar-refractivity contribution is 1.08. The third-order valence-corrected chi connectivity index (χ3v) is 10.0. The summed E-state index contributed by atoms with van der Waals surface area (Å²) in [7, 11) is 0. The molecule has 1 aliphatic carbocycles. The van der Waals surface area contributed by atoms with Crippen LogP contribution in [0.25, 0.3) is 71.3 Å². The van der Waals surface area contributed by atoms with Crippen LogP contribution >= 0.6 is 0 Å². The summed E-state index contributed by atoms with van der Waals surface area (Å²) in [6.45, 7) is 4.00. The van der Waals surface area contributed by atoms with Gasteiger partial charge in [-0.15, -0.1) is 0 Å². The maximum absolute atomic E-state index is 2.49. The van der Waals surface area contributed by atoms with Crippen molar-refractivity contribution in [1.82, 2.24) is 0 Å². The van der Waals surface area contributed by atoms with Crippen LogP contribution in [0.3, 0.4) is 0 Å². The van der Waals surface area contributed by atoms with E-state index in [2.05, 4.69) is 182 Å². The topological polar surface area (TPSA) is 0 Å². The minimum atomic E-state index is 0.987. The van der Waals surface area contributed by atoms with E-state index in [4.69, 9.17) is 0 Å². The summed E-state index contributed by atoms with van der Waals surface area (Å²) in [6, 6.07) is 64.4. The molecule has 0 spiro atoms. The van der Waals surface area contributed by atoms with Crippen molar-refractivity contribution in [3.05, 3.63) is 199 Å². The fourth-order valence-corrected chi connectivity index (χ4v) is 7.70. The van der Waals surface area contributed by atoms with Crippen LogP contribution in [0.1, 0.15) is 43.4 Å². The predicted molar refractivity (Wildman–Crippen MR) is 218 cm³/mol. The molecule has 0 amide bonds. The Morgan fingerprint density at radius 2 is 0.820 bits per heavy atom. The highest BCUT2D eigenvalue weighted by Crippen LogP contribution is 2.47. The van der Waals surface area contributed by atoms with E-state index < -0.39 is 0 Å². The molecule has 0 radical (unpaired) electrons. The van der Waals surface area contributed by atoms with Crippen LogP contribution in [0.5, 0.6) is 0 Å². The molecule has 0 heteroatoms. The summed E-state index contributed by atoms with van der Waals surface area (Å²) < 4.78 is 0. The summed E-state index contributed by atoms with van der Waals surface area (Å²) >= 11 is 0. The van der Waals surface area contributed by atoms with Crippen molar-refractivity contribution in [2.75, 3.05) is 0 Å². The second kappa shape index (κ2) is 13.9. The Kier molecular flexibility index (Phi) is 8.68. The van der Waals surface area contributed by atoms with E-state index in [1.165, 1.54) is 88.0 Å². The first-order valence-electron chi connectivity index (χ1n) is 17.9. The highest BCUT2D eigenvalue weighted by molar-refractivity contribution is 6.22. The Morgan fingerprint density at radius 1 is 0.340 bits per heavy atom. The predicted octanol–water partition coefficient (Wildman–Crippen LogP) is 14.3. The number of hydrogen-bond donors (Lipinski definition) is 0. The molecule has 0 fully saturated rings. The van der Waals surface area contributed by atoms with Gasteiger partial charge in [0.2, 0.25) is 0 Å². The van der Waals surface area contributed by atoms with E-state index in [0.29, 0.717) is 0 Å². The summed E-state index contributed by atoms with van der Waals surface area (Å²) in [4.78, 5) is 0. The molecule has 0 unspecified atom stereocenters. The van der Waals surface area contributed by atoms with Gasteiger partial charge >= 0.3 is 0 Å². The van der Waals surface area contributed by atoms with Crippen molar-refractivity contribution in [3.8, 4) is 22.3 Å². The Morgan fingerprint density at radius 3 is 1.44 bits per heavy atom. The molecule has 8 aromatic rings. The molecule has 0 saturated carbocycles. The lowest BCUT2D eigenvalue weighted by Crippen LogP contribution is -2.01. The minimum absolute atomic E-state index is 0.987. The molecular formula is C50H40. The van der Waals surface area contributed by atoms with E-state index in [9.17, 15) is 0 Å². The number of benzene rings is 8. The van der Waals surface area contributed by atoms with Crippen molar-refractivity contribution < 1.29 is 0 Å². The highest BCUT2D eigenvalue weighted by Gasteiger charge is 2.23. The van der Waals surface area contributed by atoms with Gasteiger partial charge in [0, 0.05) is 0 Å². The van der Waals surface area contributed by atoms with E-state index in [1.54, 1.807) is 0 Å². The van der Waals surface area contributed by atoms with Gasteiger partial charge in [-0.05, 0) is 107 Å². The number of rotatable bonds is 5. The fourth-order valence-electron chi connectivity index (χ4n) is 7.70. The molecule has 0 bridgehead atoms. The molecule has 0 saturated heterocycles. The smallest absolute Gasteiger partial charge is 0.00233 e. The summed E-state index contributed by atoms with van der Waals surface area (Å²) in [6.07, 6.45) is 4.48. The third kappa shape index (κ3) is 5.74. The summed E-state index contributed by atoms with van der Waals surface area (Å²) in [5.74, 6) is 0. The molecule has 0 atom stereocenters. The highest BCUT2D eigenvalue weighted by atomic mass is 14.3. The normalized spacial score (nSPS) is 12.9. The Balaban J connectivity index is 0.00000177. The first-order chi connectivity index (χ1) is 24.8. The summed E-state index contributed by atoms with van der Waals surface area (Å²) in [5, 5.41) is 7.71. The minimum Gasteiger partial charge on any atom is -0.0683 e. The molecule has 50 heavy (non-hydrogen) atoms. The third-order valence-electron chi connectivity index (χ3n) is 10.0. The van der Waals surface area contributed by atoms with Gasteiger partial charge < -0.3 is 0 Å². The lowest BCUT2D eigenvalue weighted by Gasteiger charge is -2.25. The Bertz CT molecular complexity index is 2460. The number of hydrogen-bond acceptors (Lipinski definition) is 0. The lowest BCUT2D eigenvalue weighted by atomic mass is 9.79.